The number of hydrogen-bond donors (Lipinski definition) is 0. The summed E-state index contributed by atoms with van der Waals surface area (Å²) in [4.78, 5) is 4.30. The second kappa shape index (κ2) is 11.4. The van der Waals surface area contributed by atoms with Gasteiger partial charge in [0.25, 0.3) is 0 Å². The predicted molar refractivity (Wildman–Crippen MR) is 163 cm³/mol. The van der Waals surface area contributed by atoms with E-state index in [1.54, 1.807) is 24.4 Å². The second-order valence-corrected chi connectivity index (χ2v) is 12.6. The maximum absolute atomic E-state index is 13.9. The molecule has 0 unspecified atom stereocenters. The minimum atomic E-state index is -4.54. The fraction of sp³-hybridized carbons (Fsp3) is 0.206. The predicted octanol–water partition coefficient (Wildman–Crippen LogP) is 7.80. The fourth-order valence-electron chi connectivity index (χ4n) is 5.80. The molecule has 0 radical (unpaired) electrons. The number of ether oxygens (including phenoxy) is 1. The Kier molecular flexibility index (Phi) is 7.60. The van der Waals surface area contributed by atoms with Gasteiger partial charge in [-0.25, -0.2) is 8.42 Å². The van der Waals surface area contributed by atoms with Crippen LogP contribution >= 0.6 is 0 Å². The summed E-state index contributed by atoms with van der Waals surface area (Å²) in [5.74, 6) is 0.616. The van der Waals surface area contributed by atoms with Crippen molar-refractivity contribution in [3.63, 3.8) is 0 Å². The molecule has 0 saturated carbocycles. The van der Waals surface area contributed by atoms with Crippen LogP contribution in [-0.4, -0.2) is 26.2 Å². The quantitative estimate of drug-likeness (QED) is 0.191. The Balaban J connectivity index is 1.39. The van der Waals surface area contributed by atoms with E-state index in [4.69, 9.17) is 4.74 Å². The summed E-state index contributed by atoms with van der Waals surface area (Å²) in [6.07, 6.45) is 0.103. The molecule has 220 valence electrons. The van der Waals surface area contributed by atoms with Crippen molar-refractivity contribution in [2.75, 3.05) is 17.1 Å². The van der Waals surface area contributed by atoms with Gasteiger partial charge in [0.05, 0.1) is 23.0 Å². The first kappa shape index (κ1) is 28.7. The Hall–Kier alpha value is -4.37. The molecule has 5 nitrogen and oxygen atoms in total. The Morgan fingerprint density at radius 3 is 2.42 bits per heavy atom. The van der Waals surface area contributed by atoms with Crippen LogP contribution in [0.4, 0.5) is 18.9 Å². The molecule has 0 spiro atoms. The number of rotatable bonds is 7. The Morgan fingerprint density at radius 2 is 1.65 bits per heavy atom. The van der Waals surface area contributed by atoms with E-state index in [0.717, 1.165) is 33.9 Å². The number of hydrogen-bond acceptors (Lipinski definition) is 4. The van der Waals surface area contributed by atoms with Crippen LogP contribution in [0.5, 0.6) is 5.75 Å². The van der Waals surface area contributed by atoms with E-state index in [1.807, 2.05) is 60.7 Å². The zero-order valence-electron chi connectivity index (χ0n) is 23.4. The molecule has 0 aliphatic carbocycles. The van der Waals surface area contributed by atoms with Crippen molar-refractivity contribution in [1.29, 1.82) is 0 Å². The average molecular weight is 603 g/mol. The first-order valence-corrected chi connectivity index (χ1v) is 15.8. The van der Waals surface area contributed by atoms with Crippen molar-refractivity contribution in [2.24, 2.45) is 0 Å². The van der Waals surface area contributed by atoms with E-state index < -0.39 is 21.8 Å². The summed E-state index contributed by atoms with van der Waals surface area (Å²) >= 11 is 0. The number of para-hydroxylation sites is 1. The van der Waals surface area contributed by atoms with Crippen LogP contribution in [0, 0.1) is 0 Å². The van der Waals surface area contributed by atoms with Gasteiger partial charge in [-0.15, -0.1) is 0 Å². The number of nitrogens with zero attached hydrogens (tertiary/aromatic N) is 2. The van der Waals surface area contributed by atoms with E-state index in [-0.39, 0.29) is 12.1 Å². The topological polar surface area (TPSA) is 59.5 Å². The van der Waals surface area contributed by atoms with Gasteiger partial charge >= 0.3 is 6.18 Å². The van der Waals surface area contributed by atoms with Crippen molar-refractivity contribution in [1.82, 2.24) is 4.98 Å². The van der Waals surface area contributed by atoms with E-state index in [0.29, 0.717) is 48.2 Å². The summed E-state index contributed by atoms with van der Waals surface area (Å²) in [5.41, 5.74) is 4.74. The lowest BCUT2D eigenvalue weighted by molar-refractivity contribution is -0.136. The molecule has 0 bridgehead atoms. The second-order valence-electron chi connectivity index (χ2n) is 10.7. The number of alkyl halides is 3. The number of fused-ring (bicyclic) bond motifs is 2. The highest BCUT2D eigenvalue weighted by atomic mass is 32.2. The third-order valence-corrected chi connectivity index (χ3v) is 8.87. The van der Waals surface area contributed by atoms with Crippen LogP contribution in [-0.2, 0) is 35.6 Å². The molecule has 1 aliphatic heterocycles. The SMILES string of the molecule is CS(=O)(=O)N1CCCc2c(OCc3cccc(-c4c(Cc5ccccc5)cnc5c(C(F)(F)F)cccc45)c3)cccc21. The maximum Gasteiger partial charge on any atom is 0.418 e. The van der Waals surface area contributed by atoms with Gasteiger partial charge in [-0.2, -0.15) is 13.2 Å². The van der Waals surface area contributed by atoms with Gasteiger partial charge in [0.15, 0.2) is 0 Å². The third-order valence-electron chi connectivity index (χ3n) is 7.69. The first-order valence-electron chi connectivity index (χ1n) is 13.9. The Bertz CT molecular complexity index is 1910. The highest BCUT2D eigenvalue weighted by molar-refractivity contribution is 7.92. The average Bonchev–Trinajstić information content (AvgIpc) is 2.99. The van der Waals surface area contributed by atoms with Gasteiger partial charge < -0.3 is 4.74 Å². The summed E-state index contributed by atoms with van der Waals surface area (Å²) in [7, 11) is -3.41. The molecule has 0 N–H and O–H groups in total. The van der Waals surface area contributed by atoms with Crippen molar-refractivity contribution in [3.8, 4) is 16.9 Å². The number of sulfonamides is 1. The van der Waals surface area contributed by atoms with Crippen molar-refractivity contribution >= 4 is 26.6 Å². The zero-order chi connectivity index (χ0) is 30.2. The van der Waals surface area contributed by atoms with Gasteiger partial charge in [0, 0.05) is 23.7 Å². The largest absolute Gasteiger partial charge is 0.489 e. The molecule has 0 atom stereocenters. The number of benzene rings is 4. The van der Waals surface area contributed by atoms with Gasteiger partial charge in [-0.05, 0) is 71.3 Å². The molecule has 1 aliphatic rings. The van der Waals surface area contributed by atoms with E-state index in [2.05, 4.69) is 4.98 Å². The van der Waals surface area contributed by atoms with Crippen molar-refractivity contribution in [2.45, 2.75) is 32.0 Å². The third kappa shape index (κ3) is 5.95. The summed E-state index contributed by atoms with van der Waals surface area (Å²) in [6, 6.07) is 26.9. The molecule has 1 aromatic heterocycles. The smallest absolute Gasteiger partial charge is 0.418 e. The molecule has 2 heterocycles. The van der Waals surface area contributed by atoms with Crippen molar-refractivity contribution < 1.29 is 26.3 Å². The summed E-state index contributed by atoms with van der Waals surface area (Å²) in [6.45, 7) is 0.632. The number of pyridine rings is 1. The molecule has 4 aromatic carbocycles. The highest BCUT2D eigenvalue weighted by Crippen LogP contribution is 2.40. The molecule has 0 amide bonds. The minimum absolute atomic E-state index is 0.0881. The standard InChI is InChI=1S/C34H29F3N2O3S/c1-43(40,41)39-18-8-14-27-30(39)16-7-17-31(27)42-22-24-11-5-12-25(20-24)32-26(19-23-9-3-2-4-10-23)21-38-33-28(32)13-6-15-29(33)34(35,36)37/h2-7,9-13,15-17,20-21H,8,14,18-19,22H2,1H3. The molecule has 6 rings (SSSR count). The van der Waals surface area contributed by atoms with Crippen LogP contribution in [0.2, 0.25) is 0 Å². The lowest BCUT2D eigenvalue weighted by atomic mass is 9.91. The fourth-order valence-corrected chi connectivity index (χ4v) is 6.79. The van der Waals surface area contributed by atoms with E-state index in [9.17, 15) is 21.6 Å². The van der Waals surface area contributed by atoms with Gasteiger partial charge in [-0.3, -0.25) is 9.29 Å². The normalized spacial score (nSPS) is 13.6. The monoisotopic (exact) mass is 602 g/mol. The van der Waals surface area contributed by atoms with Gasteiger partial charge in [0.2, 0.25) is 10.0 Å². The van der Waals surface area contributed by atoms with Crippen LogP contribution < -0.4 is 9.04 Å². The van der Waals surface area contributed by atoms with Crippen LogP contribution in [0.1, 0.15) is 34.2 Å². The minimum Gasteiger partial charge on any atom is -0.489 e. The molecule has 0 saturated heterocycles. The zero-order valence-corrected chi connectivity index (χ0v) is 24.3. The van der Waals surface area contributed by atoms with Crippen LogP contribution in [0.25, 0.3) is 22.0 Å². The van der Waals surface area contributed by atoms with Gasteiger partial charge in [0.1, 0.15) is 12.4 Å². The number of anilines is 1. The van der Waals surface area contributed by atoms with E-state index in [1.165, 1.54) is 16.6 Å². The van der Waals surface area contributed by atoms with Gasteiger partial charge in [-0.1, -0.05) is 66.7 Å². The lowest BCUT2D eigenvalue weighted by Gasteiger charge is -2.30. The van der Waals surface area contributed by atoms with Crippen molar-refractivity contribution in [3.05, 3.63) is 125 Å². The lowest BCUT2D eigenvalue weighted by Crippen LogP contribution is -2.34. The molecule has 9 heteroatoms. The molecule has 5 aromatic rings. The molecular formula is C34H29F3N2O3S. The highest BCUT2D eigenvalue weighted by Gasteiger charge is 2.34. The summed E-state index contributed by atoms with van der Waals surface area (Å²) < 4.78 is 74.2. The number of aromatic nitrogens is 1. The first-order chi connectivity index (χ1) is 20.6. The van der Waals surface area contributed by atoms with Crippen LogP contribution in [0.15, 0.2) is 97.2 Å². The molecule has 0 fully saturated rings. The Morgan fingerprint density at radius 1 is 0.907 bits per heavy atom. The maximum atomic E-state index is 13.9. The van der Waals surface area contributed by atoms with E-state index >= 15 is 0 Å². The van der Waals surface area contributed by atoms with Crippen LogP contribution in [0.3, 0.4) is 0 Å². The molecule has 43 heavy (non-hydrogen) atoms. The number of halogens is 3. The Labute approximate surface area is 248 Å². The summed E-state index contributed by atoms with van der Waals surface area (Å²) in [5, 5.41) is 0.430. The molecular weight excluding hydrogens is 573 g/mol.